The molecule has 0 bridgehead atoms. The summed E-state index contributed by atoms with van der Waals surface area (Å²) in [5, 5.41) is 0. The number of hydrogen-bond donors (Lipinski definition) is 0. The molecule has 0 heterocycles. The van der Waals surface area contributed by atoms with E-state index in [2.05, 4.69) is 21.3 Å². The predicted molar refractivity (Wildman–Crippen MR) is 40.8 cm³/mol. The van der Waals surface area contributed by atoms with Crippen LogP contribution in [0.5, 0.6) is 0 Å². The van der Waals surface area contributed by atoms with Crippen molar-refractivity contribution in [2.75, 3.05) is 0 Å². The standard InChI is InChI=1S/C8H10O4/c1-4-5-8(11-6(2)9)12-7(3)10/h8H,1-3H3. The van der Waals surface area contributed by atoms with E-state index in [4.69, 9.17) is 0 Å². The van der Waals surface area contributed by atoms with Gasteiger partial charge in [0.05, 0.1) is 0 Å². The van der Waals surface area contributed by atoms with Crippen molar-refractivity contribution < 1.29 is 19.1 Å². The van der Waals surface area contributed by atoms with Crippen molar-refractivity contribution in [1.29, 1.82) is 0 Å². The summed E-state index contributed by atoms with van der Waals surface area (Å²) in [6, 6.07) is 0. The number of carbonyl (C=O) groups is 2. The van der Waals surface area contributed by atoms with E-state index in [9.17, 15) is 9.59 Å². The van der Waals surface area contributed by atoms with Crippen LogP contribution in [0.1, 0.15) is 20.8 Å². The molecule has 0 atom stereocenters. The molecule has 66 valence electrons. The summed E-state index contributed by atoms with van der Waals surface area (Å²) in [6.45, 7) is 3.99. The predicted octanol–water partition coefficient (Wildman–Crippen LogP) is 0.462. The van der Waals surface area contributed by atoms with Gasteiger partial charge in [-0.15, -0.1) is 0 Å². The lowest BCUT2D eigenvalue weighted by atomic mass is 10.5. The van der Waals surface area contributed by atoms with E-state index in [1.165, 1.54) is 13.8 Å². The average molecular weight is 170 g/mol. The van der Waals surface area contributed by atoms with Gasteiger partial charge < -0.3 is 9.47 Å². The Balaban J connectivity index is 4.10. The lowest BCUT2D eigenvalue weighted by Gasteiger charge is -2.09. The van der Waals surface area contributed by atoms with E-state index >= 15 is 0 Å². The molecule has 0 unspecified atom stereocenters. The van der Waals surface area contributed by atoms with Gasteiger partial charge in [0.2, 0.25) is 0 Å². The Morgan fingerprint density at radius 1 is 1.17 bits per heavy atom. The monoisotopic (exact) mass is 170 g/mol. The number of esters is 2. The Morgan fingerprint density at radius 2 is 1.58 bits per heavy atom. The topological polar surface area (TPSA) is 52.6 Å². The Kier molecular flexibility index (Phi) is 4.54. The molecule has 4 nitrogen and oxygen atoms in total. The minimum atomic E-state index is -1.08. The highest BCUT2D eigenvalue weighted by atomic mass is 16.7. The van der Waals surface area contributed by atoms with Crippen LogP contribution in [-0.2, 0) is 19.1 Å². The van der Waals surface area contributed by atoms with Gasteiger partial charge in [-0.3, -0.25) is 9.59 Å². The second-order valence-electron chi connectivity index (χ2n) is 1.95. The third-order valence-electron chi connectivity index (χ3n) is 0.808. The normalized spacial score (nSPS) is 8.33. The van der Waals surface area contributed by atoms with Crippen molar-refractivity contribution in [1.82, 2.24) is 0 Å². The molecule has 0 aliphatic heterocycles. The van der Waals surface area contributed by atoms with Crippen LogP contribution in [0.2, 0.25) is 0 Å². The first kappa shape index (κ1) is 10.5. The number of carbonyl (C=O) groups excluding carboxylic acids is 2. The van der Waals surface area contributed by atoms with Gasteiger partial charge in [0, 0.05) is 13.8 Å². The zero-order valence-corrected chi connectivity index (χ0v) is 7.21. The van der Waals surface area contributed by atoms with Crippen molar-refractivity contribution >= 4 is 11.9 Å². The van der Waals surface area contributed by atoms with E-state index in [1.54, 1.807) is 6.92 Å². The molecule has 0 saturated carbocycles. The maximum absolute atomic E-state index is 10.4. The zero-order chi connectivity index (χ0) is 9.56. The third-order valence-corrected chi connectivity index (χ3v) is 0.808. The number of ether oxygens (including phenoxy) is 2. The molecule has 0 radical (unpaired) electrons. The van der Waals surface area contributed by atoms with Gasteiger partial charge in [-0.25, -0.2) is 0 Å². The van der Waals surface area contributed by atoms with Crippen LogP contribution in [0, 0.1) is 11.8 Å². The Bertz CT molecular complexity index is 217. The Labute approximate surface area is 70.8 Å². The quantitative estimate of drug-likeness (QED) is 0.343. The van der Waals surface area contributed by atoms with Crippen LogP contribution >= 0.6 is 0 Å². The smallest absolute Gasteiger partial charge is 0.311 e. The molecule has 0 aromatic heterocycles. The van der Waals surface area contributed by atoms with Crippen molar-refractivity contribution in [3.8, 4) is 11.8 Å². The molecule has 0 saturated heterocycles. The maximum atomic E-state index is 10.4. The summed E-state index contributed by atoms with van der Waals surface area (Å²) in [5.41, 5.74) is 0. The molecule has 12 heavy (non-hydrogen) atoms. The molecule has 0 aromatic carbocycles. The van der Waals surface area contributed by atoms with Crippen molar-refractivity contribution in [2.45, 2.75) is 27.1 Å². The lowest BCUT2D eigenvalue weighted by Crippen LogP contribution is -2.20. The molecule has 0 rings (SSSR count). The highest BCUT2D eigenvalue weighted by molar-refractivity contribution is 5.68. The van der Waals surface area contributed by atoms with Gasteiger partial charge in [-0.1, -0.05) is 5.92 Å². The summed E-state index contributed by atoms with van der Waals surface area (Å²) >= 11 is 0. The average Bonchev–Trinajstić information content (AvgIpc) is 1.84. The van der Waals surface area contributed by atoms with E-state index in [0.29, 0.717) is 0 Å². The fraction of sp³-hybridized carbons (Fsp3) is 0.500. The van der Waals surface area contributed by atoms with Gasteiger partial charge >= 0.3 is 18.2 Å². The SMILES string of the molecule is CC#CC(OC(C)=O)OC(C)=O. The van der Waals surface area contributed by atoms with Crippen LogP contribution in [-0.4, -0.2) is 18.2 Å². The summed E-state index contributed by atoms with van der Waals surface area (Å²) in [5.74, 6) is 3.81. The van der Waals surface area contributed by atoms with Crippen LogP contribution in [0.3, 0.4) is 0 Å². The maximum Gasteiger partial charge on any atom is 0.311 e. The fourth-order valence-corrected chi connectivity index (χ4v) is 0.502. The van der Waals surface area contributed by atoms with Gasteiger partial charge in [0.25, 0.3) is 0 Å². The van der Waals surface area contributed by atoms with E-state index in [1.807, 2.05) is 0 Å². The van der Waals surface area contributed by atoms with Crippen molar-refractivity contribution in [3.63, 3.8) is 0 Å². The molecule has 0 fully saturated rings. The van der Waals surface area contributed by atoms with Crippen LogP contribution in [0.15, 0.2) is 0 Å². The highest BCUT2D eigenvalue weighted by Crippen LogP contribution is 1.94. The molecule has 0 aromatic rings. The van der Waals surface area contributed by atoms with E-state index in [-0.39, 0.29) is 0 Å². The van der Waals surface area contributed by atoms with Gasteiger partial charge in [-0.2, -0.15) is 0 Å². The second kappa shape index (κ2) is 5.19. The summed E-state index contributed by atoms with van der Waals surface area (Å²) in [4.78, 5) is 20.9. The van der Waals surface area contributed by atoms with Crippen molar-refractivity contribution in [3.05, 3.63) is 0 Å². The molecule has 0 N–H and O–H groups in total. The van der Waals surface area contributed by atoms with Gasteiger partial charge in [0.1, 0.15) is 0 Å². The molecular weight excluding hydrogens is 160 g/mol. The van der Waals surface area contributed by atoms with Crippen LogP contribution in [0.25, 0.3) is 0 Å². The zero-order valence-electron chi connectivity index (χ0n) is 7.21. The second-order valence-corrected chi connectivity index (χ2v) is 1.95. The first-order valence-electron chi connectivity index (χ1n) is 3.33. The minimum absolute atomic E-state index is 0.538. The third kappa shape index (κ3) is 5.30. The molecular formula is C8H10O4. The Hall–Kier alpha value is -1.50. The summed E-state index contributed by atoms with van der Waals surface area (Å²) in [7, 11) is 0. The highest BCUT2D eigenvalue weighted by Gasteiger charge is 2.10. The lowest BCUT2D eigenvalue weighted by molar-refractivity contribution is -0.174. The molecule has 0 spiro atoms. The molecule has 0 aliphatic rings. The minimum Gasteiger partial charge on any atom is -0.414 e. The fourth-order valence-electron chi connectivity index (χ4n) is 0.502. The summed E-state index contributed by atoms with van der Waals surface area (Å²) < 4.78 is 9.09. The van der Waals surface area contributed by atoms with Gasteiger partial charge in [0.15, 0.2) is 0 Å². The van der Waals surface area contributed by atoms with Crippen LogP contribution in [0.4, 0.5) is 0 Å². The largest absolute Gasteiger partial charge is 0.414 e. The summed E-state index contributed by atoms with van der Waals surface area (Å²) in [6.07, 6.45) is -1.08. The molecule has 4 heteroatoms. The molecule has 0 amide bonds. The first-order chi connectivity index (χ1) is 5.56. The van der Waals surface area contributed by atoms with E-state index in [0.717, 1.165) is 0 Å². The van der Waals surface area contributed by atoms with E-state index < -0.39 is 18.2 Å². The number of rotatable bonds is 2. The van der Waals surface area contributed by atoms with Crippen molar-refractivity contribution in [2.24, 2.45) is 0 Å². The first-order valence-corrected chi connectivity index (χ1v) is 3.33. The number of hydrogen-bond acceptors (Lipinski definition) is 4. The Morgan fingerprint density at radius 3 is 1.83 bits per heavy atom. The molecule has 0 aliphatic carbocycles. The van der Waals surface area contributed by atoms with Gasteiger partial charge in [-0.05, 0) is 12.8 Å². The van der Waals surface area contributed by atoms with Crippen LogP contribution < -0.4 is 0 Å².